The molecule has 1 saturated carbocycles. The third-order valence-corrected chi connectivity index (χ3v) is 4.87. The van der Waals surface area contributed by atoms with Crippen molar-refractivity contribution in [3.8, 4) is 5.75 Å². The lowest BCUT2D eigenvalue weighted by Crippen LogP contribution is -2.18. The summed E-state index contributed by atoms with van der Waals surface area (Å²) >= 11 is 0. The predicted molar refractivity (Wildman–Crippen MR) is 102 cm³/mol. The van der Waals surface area contributed by atoms with Crippen molar-refractivity contribution >= 4 is 11.6 Å². The van der Waals surface area contributed by atoms with Gasteiger partial charge in [0.2, 0.25) is 5.91 Å². The van der Waals surface area contributed by atoms with Crippen molar-refractivity contribution in [1.82, 2.24) is 20.2 Å². The average Bonchev–Trinajstić information content (AvgIpc) is 3.13. The SMILES string of the molecule is [2H]C1([2H])CCCC([2H])([2H])C1n1nnnc1CCCCOc1ccc2c(c1)NC(=O)CC2. The van der Waals surface area contributed by atoms with E-state index in [1.165, 1.54) is 4.68 Å². The number of rotatable bonds is 7. The van der Waals surface area contributed by atoms with Gasteiger partial charge in [-0.25, -0.2) is 4.68 Å². The highest BCUT2D eigenvalue weighted by Crippen LogP contribution is 2.28. The molecule has 1 amide bonds. The summed E-state index contributed by atoms with van der Waals surface area (Å²) in [6.45, 7) is 0.485. The van der Waals surface area contributed by atoms with Crippen molar-refractivity contribution in [2.75, 3.05) is 11.9 Å². The van der Waals surface area contributed by atoms with Gasteiger partial charge in [-0.2, -0.15) is 0 Å². The van der Waals surface area contributed by atoms with Crippen LogP contribution < -0.4 is 10.1 Å². The maximum absolute atomic E-state index is 11.6. The van der Waals surface area contributed by atoms with Gasteiger partial charge in [-0.1, -0.05) is 25.3 Å². The Morgan fingerprint density at radius 2 is 2.11 bits per heavy atom. The van der Waals surface area contributed by atoms with Crippen molar-refractivity contribution in [2.24, 2.45) is 0 Å². The van der Waals surface area contributed by atoms with Gasteiger partial charge >= 0.3 is 0 Å². The standard InChI is InChI=1S/C20H27N5O2/c26-20-12-10-15-9-11-17(14-18(15)21-20)27-13-5-4-8-19-22-23-24-25(19)16-6-2-1-3-7-16/h9,11,14,16H,1-8,10,12-13H2,(H,21,26)/i6D2,7D2. The number of nitrogens with one attached hydrogen (secondary N) is 1. The Morgan fingerprint density at radius 1 is 1.22 bits per heavy atom. The third-order valence-electron chi connectivity index (χ3n) is 4.87. The van der Waals surface area contributed by atoms with Gasteiger partial charge in [0.1, 0.15) is 5.75 Å². The van der Waals surface area contributed by atoms with E-state index in [0.717, 1.165) is 30.5 Å². The number of amides is 1. The molecule has 0 unspecified atom stereocenters. The molecule has 27 heavy (non-hydrogen) atoms. The number of unbranched alkanes of at least 4 members (excludes halogenated alkanes) is 1. The van der Waals surface area contributed by atoms with Crippen LogP contribution in [0.25, 0.3) is 0 Å². The van der Waals surface area contributed by atoms with Gasteiger partial charge in [0.15, 0.2) is 5.82 Å². The van der Waals surface area contributed by atoms with Gasteiger partial charge in [-0.05, 0) is 54.1 Å². The normalized spacial score (nSPS) is 23.3. The summed E-state index contributed by atoms with van der Waals surface area (Å²) in [5.74, 6) is 1.22. The molecule has 2 heterocycles. The van der Waals surface area contributed by atoms with Gasteiger partial charge in [0.25, 0.3) is 0 Å². The number of tetrazole rings is 1. The number of benzene rings is 1. The number of anilines is 1. The molecule has 1 N–H and O–H groups in total. The summed E-state index contributed by atoms with van der Waals surface area (Å²) in [5.41, 5.74) is 1.92. The van der Waals surface area contributed by atoms with E-state index in [4.69, 9.17) is 10.2 Å². The van der Waals surface area contributed by atoms with Crippen LogP contribution >= 0.6 is 0 Å². The van der Waals surface area contributed by atoms with Crippen LogP contribution in [0.5, 0.6) is 5.75 Å². The summed E-state index contributed by atoms with van der Waals surface area (Å²) in [6, 6.07) is 4.70. The molecule has 7 heteroatoms. The summed E-state index contributed by atoms with van der Waals surface area (Å²) in [5, 5.41) is 14.5. The maximum Gasteiger partial charge on any atom is 0.224 e. The smallest absolute Gasteiger partial charge is 0.224 e. The molecular weight excluding hydrogens is 342 g/mol. The second-order valence-corrected chi connectivity index (χ2v) is 6.88. The Kier molecular flexibility index (Phi) is 4.31. The summed E-state index contributed by atoms with van der Waals surface area (Å²) in [6.07, 6.45) is 0.937. The number of carbonyl (C=O) groups excluding carboxylic acids is 1. The molecule has 2 aliphatic rings. The van der Waals surface area contributed by atoms with Gasteiger partial charge < -0.3 is 10.1 Å². The molecule has 1 aliphatic carbocycles. The van der Waals surface area contributed by atoms with E-state index in [0.29, 0.717) is 50.3 Å². The zero-order chi connectivity index (χ0) is 22.1. The van der Waals surface area contributed by atoms with Crippen molar-refractivity contribution in [3.05, 3.63) is 29.6 Å². The molecule has 1 fully saturated rings. The number of carbonyl (C=O) groups is 1. The number of aromatic nitrogens is 4. The lowest BCUT2D eigenvalue weighted by Gasteiger charge is -2.22. The first-order valence-electron chi connectivity index (χ1n) is 11.6. The number of aryl methyl sites for hydroxylation is 2. The number of nitrogens with zero attached hydrogens (tertiary/aromatic N) is 4. The summed E-state index contributed by atoms with van der Waals surface area (Å²) in [7, 11) is 0. The predicted octanol–water partition coefficient (Wildman–Crippen LogP) is 3.46. The number of fused-ring (bicyclic) bond motifs is 1. The first kappa shape index (κ1) is 13.7. The minimum atomic E-state index is -1.70. The van der Waals surface area contributed by atoms with Crippen LogP contribution in [0.1, 0.15) is 74.2 Å². The largest absolute Gasteiger partial charge is 0.494 e. The quantitative estimate of drug-likeness (QED) is 0.752. The number of ether oxygens (including phenoxy) is 1. The highest BCUT2D eigenvalue weighted by atomic mass is 16.5. The fourth-order valence-corrected chi connectivity index (χ4v) is 3.40. The van der Waals surface area contributed by atoms with E-state index in [1.807, 2.05) is 18.2 Å². The minimum Gasteiger partial charge on any atom is -0.494 e. The molecule has 2 aromatic rings. The highest BCUT2D eigenvalue weighted by molar-refractivity contribution is 5.94. The molecule has 1 aliphatic heterocycles. The third kappa shape index (κ3) is 4.46. The van der Waals surface area contributed by atoms with Crippen LogP contribution in [0.2, 0.25) is 0 Å². The highest BCUT2D eigenvalue weighted by Gasteiger charge is 2.19. The average molecular weight is 373 g/mol. The molecule has 0 atom stereocenters. The molecule has 1 aromatic carbocycles. The number of hydrogen-bond donors (Lipinski definition) is 1. The second kappa shape index (κ2) is 8.50. The fraction of sp³-hybridized carbons (Fsp3) is 0.600. The van der Waals surface area contributed by atoms with Gasteiger partial charge in [-0.3, -0.25) is 4.79 Å². The molecular formula is C20H27N5O2. The number of hydrogen-bond acceptors (Lipinski definition) is 5. The topological polar surface area (TPSA) is 81.9 Å². The van der Waals surface area contributed by atoms with Crippen molar-refractivity contribution in [3.63, 3.8) is 0 Å². The molecule has 0 bridgehead atoms. The van der Waals surface area contributed by atoms with Crippen LogP contribution in [-0.2, 0) is 17.6 Å². The van der Waals surface area contributed by atoms with Crippen LogP contribution in [-0.4, -0.2) is 32.7 Å². The summed E-state index contributed by atoms with van der Waals surface area (Å²) < 4.78 is 40.3. The van der Waals surface area contributed by atoms with Crippen molar-refractivity contribution < 1.29 is 15.0 Å². The van der Waals surface area contributed by atoms with Gasteiger partial charge in [0, 0.05) is 30.1 Å². The van der Waals surface area contributed by atoms with E-state index in [9.17, 15) is 4.79 Å². The minimum absolute atomic E-state index is 0.0223. The second-order valence-electron chi connectivity index (χ2n) is 6.88. The van der Waals surface area contributed by atoms with Crippen molar-refractivity contribution in [2.45, 2.75) is 70.2 Å². The van der Waals surface area contributed by atoms with Crippen LogP contribution in [0, 0.1) is 0 Å². The molecule has 0 saturated heterocycles. The van der Waals surface area contributed by atoms with Gasteiger partial charge in [0.05, 0.1) is 12.6 Å². The van der Waals surface area contributed by atoms with E-state index < -0.39 is 18.8 Å². The Labute approximate surface area is 165 Å². The molecule has 4 rings (SSSR count). The van der Waals surface area contributed by atoms with Crippen molar-refractivity contribution in [1.29, 1.82) is 0 Å². The molecule has 0 spiro atoms. The zero-order valence-electron chi connectivity index (χ0n) is 19.3. The van der Waals surface area contributed by atoms with E-state index in [1.54, 1.807) is 0 Å². The Balaban J connectivity index is 1.31. The fourth-order valence-electron chi connectivity index (χ4n) is 3.40. The summed E-state index contributed by atoms with van der Waals surface area (Å²) in [4.78, 5) is 11.6. The first-order valence-corrected chi connectivity index (χ1v) is 9.59. The monoisotopic (exact) mass is 373 g/mol. The Morgan fingerprint density at radius 3 is 3.00 bits per heavy atom. The van der Waals surface area contributed by atoms with Crippen LogP contribution in [0.3, 0.4) is 0 Å². The van der Waals surface area contributed by atoms with Crippen LogP contribution in [0.4, 0.5) is 5.69 Å². The van der Waals surface area contributed by atoms with Gasteiger partial charge in [-0.15, -0.1) is 5.10 Å². The van der Waals surface area contributed by atoms with E-state index >= 15 is 0 Å². The Hall–Kier alpha value is -2.44. The lowest BCUT2D eigenvalue weighted by molar-refractivity contribution is -0.116. The molecule has 1 aromatic heterocycles. The maximum atomic E-state index is 11.6. The first-order chi connectivity index (χ1) is 14.8. The Bertz CT molecular complexity index is 933. The molecule has 0 radical (unpaired) electrons. The zero-order valence-corrected chi connectivity index (χ0v) is 15.3. The van der Waals surface area contributed by atoms with E-state index in [-0.39, 0.29) is 5.91 Å². The molecule has 7 nitrogen and oxygen atoms in total. The van der Waals surface area contributed by atoms with E-state index in [2.05, 4.69) is 20.8 Å². The molecule has 144 valence electrons. The van der Waals surface area contributed by atoms with Crippen LogP contribution in [0.15, 0.2) is 18.2 Å². The lowest BCUT2D eigenvalue weighted by atomic mass is 9.95.